The van der Waals surface area contributed by atoms with Crippen LogP contribution in [0.15, 0.2) is 23.1 Å². The van der Waals surface area contributed by atoms with Crippen molar-refractivity contribution in [3.8, 4) is 0 Å². The molecule has 1 aromatic carbocycles. The number of carbonyl (C=O) groups is 1. The van der Waals surface area contributed by atoms with Crippen LogP contribution in [-0.4, -0.2) is 40.6 Å². The van der Waals surface area contributed by atoms with E-state index in [0.717, 1.165) is 28.1 Å². The number of anilines is 1. The molecule has 0 aliphatic heterocycles. The predicted octanol–water partition coefficient (Wildman–Crippen LogP) is 2.22. The zero-order chi connectivity index (χ0) is 13.7. The van der Waals surface area contributed by atoms with Gasteiger partial charge in [0.05, 0.1) is 18.1 Å². The number of aliphatic hydroxyl groups excluding tert-OH is 1. The number of nitrogens with zero attached hydrogens (tertiary/aromatic N) is 1. The number of rotatable bonds is 5. The van der Waals surface area contributed by atoms with E-state index in [1.807, 2.05) is 18.2 Å². The summed E-state index contributed by atoms with van der Waals surface area (Å²) in [6.45, 7) is 0.201. The van der Waals surface area contributed by atoms with Crippen molar-refractivity contribution in [3.63, 3.8) is 0 Å². The number of ether oxygens (including phenoxy) is 1. The van der Waals surface area contributed by atoms with Crippen LogP contribution in [0.3, 0.4) is 0 Å². The number of aromatic nitrogens is 2. The molecule has 0 saturated heterocycles. The van der Waals surface area contributed by atoms with E-state index in [1.54, 1.807) is 11.8 Å². The lowest BCUT2D eigenvalue weighted by atomic mass is 10.3. The third-order valence-electron chi connectivity index (χ3n) is 2.43. The van der Waals surface area contributed by atoms with Gasteiger partial charge in [-0.1, -0.05) is 0 Å². The van der Waals surface area contributed by atoms with Crippen LogP contribution in [0, 0.1) is 0 Å². The molecule has 1 amide bonds. The minimum atomic E-state index is -0.559. The van der Waals surface area contributed by atoms with Crippen molar-refractivity contribution < 1.29 is 14.6 Å². The highest BCUT2D eigenvalue weighted by Gasteiger charge is 2.07. The molecule has 2 rings (SSSR count). The van der Waals surface area contributed by atoms with E-state index in [2.05, 4.69) is 20.0 Å². The molecule has 0 bridgehead atoms. The zero-order valence-electron chi connectivity index (χ0n) is 10.5. The van der Waals surface area contributed by atoms with Gasteiger partial charge in [-0.3, -0.25) is 5.32 Å². The Labute approximate surface area is 114 Å². The fourth-order valence-electron chi connectivity index (χ4n) is 1.54. The highest BCUT2D eigenvalue weighted by Crippen LogP contribution is 2.23. The van der Waals surface area contributed by atoms with Gasteiger partial charge >= 0.3 is 6.09 Å². The van der Waals surface area contributed by atoms with E-state index < -0.39 is 6.09 Å². The second-order valence-corrected chi connectivity index (χ2v) is 4.97. The summed E-state index contributed by atoms with van der Waals surface area (Å²) in [5.74, 6) is 1.23. The van der Waals surface area contributed by atoms with Crippen LogP contribution in [0.25, 0.3) is 11.0 Å². The molecule has 0 spiro atoms. The van der Waals surface area contributed by atoms with Gasteiger partial charge in [-0.15, -0.1) is 11.8 Å². The Morgan fingerprint density at radius 2 is 2.42 bits per heavy atom. The fourth-order valence-corrected chi connectivity index (χ4v) is 2.41. The van der Waals surface area contributed by atoms with Crippen molar-refractivity contribution in [2.75, 3.05) is 24.8 Å². The third-order valence-corrected chi connectivity index (χ3v) is 3.51. The van der Waals surface area contributed by atoms with Crippen LogP contribution in [-0.2, 0) is 4.74 Å². The van der Waals surface area contributed by atoms with Crippen LogP contribution in [0.2, 0.25) is 0 Å². The molecule has 0 radical (unpaired) electrons. The van der Waals surface area contributed by atoms with Crippen molar-refractivity contribution in [3.05, 3.63) is 18.2 Å². The molecule has 6 nitrogen and oxygen atoms in total. The number of hydrogen-bond acceptors (Lipinski definition) is 5. The molecule has 1 heterocycles. The van der Waals surface area contributed by atoms with Crippen molar-refractivity contribution in [1.82, 2.24) is 9.97 Å². The summed E-state index contributed by atoms with van der Waals surface area (Å²) in [4.78, 5) is 19.4. The van der Waals surface area contributed by atoms with Crippen molar-refractivity contribution >= 4 is 34.8 Å². The summed E-state index contributed by atoms with van der Waals surface area (Å²) in [6.07, 6.45) is 0.206. The second-order valence-electron chi connectivity index (χ2n) is 3.81. The maximum atomic E-state index is 11.1. The Morgan fingerprint density at radius 3 is 3.16 bits per heavy atom. The standard InChI is InChI=1S/C12H15N3O3S/c1-18-12(17)15-11-13-9-4-3-8(7-10(9)14-11)19-6-2-5-16/h3-4,7,16H,2,5-6H2,1H3,(H2,13,14,15,17). The molecule has 19 heavy (non-hydrogen) atoms. The van der Waals surface area contributed by atoms with Gasteiger partial charge in [-0.05, 0) is 24.6 Å². The summed E-state index contributed by atoms with van der Waals surface area (Å²) in [5, 5.41) is 11.2. The molecule has 102 valence electrons. The minimum Gasteiger partial charge on any atom is -0.453 e. The van der Waals surface area contributed by atoms with E-state index in [4.69, 9.17) is 5.11 Å². The zero-order valence-corrected chi connectivity index (χ0v) is 11.3. The number of hydrogen-bond donors (Lipinski definition) is 3. The predicted molar refractivity (Wildman–Crippen MR) is 74.5 cm³/mol. The van der Waals surface area contributed by atoms with Crippen LogP contribution >= 0.6 is 11.8 Å². The van der Waals surface area contributed by atoms with Crippen LogP contribution < -0.4 is 5.32 Å². The number of H-pyrrole nitrogens is 1. The maximum Gasteiger partial charge on any atom is 0.413 e. The lowest BCUT2D eigenvalue weighted by Gasteiger charge is -1.99. The number of benzene rings is 1. The number of nitrogens with one attached hydrogen (secondary N) is 2. The lowest BCUT2D eigenvalue weighted by Crippen LogP contribution is -2.11. The first-order valence-electron chi connectivity index (χ1n) is 5.81. The number of amides is 1. The van der Waals surface area contributed by atoms with Gasteiger partial charge in [0.25, 0.3) is 0 Å². The Morgan fingerprint density at radius 1 is 1.58 bits per heavy atom. The van der Waals surface area contributed by atoms with Crippen LogP contribution in [0.5, 0.6) is 0 Å². The first-order chi connectivity index (χ1) is 9.22. The van der Waals surface area contributed by atoms with Crippen LogP contribution in [0.4, 0.5) is 10.7 Å². The van der Waals surface area contributed by atoms with Gasteiger partial charge in [-0.2, -0.15) is 0 Å². The topological polar surface area (TPSA) is 87.2 Å². The molecule has 0 aliphatic rings. The molecule has 0 atom stereocenters. The van der Waals surface area contributed by atoms with E-state index in [-0.39, 0.29) is 6.61 Å². The fraction of sp³-hybridized carbons (Fsp3) is 0.333. The average Bonchev–Trinajstić information content (AvgIpc) is 2.80. The van der Waals surface area contributed by atoms with Gasteiger partial charge in [0.2, 0.25) is 5.95 Å². The molecular weight excluding hydrogens is 266 g/mol. The summed E-state index contributed by atoms with van der Waals surface area (Å²) < 4.78 is 4.50. The molecule has 0 unspecified atom stereocenters. The molecule has 3 N–H and O–H groups in total. The summed E-state index contributed by atoms with van der Waals surface area (Å²) >= 11 is 1.67. The summed E-state index contributed by atoms with van der Waals surface area (Å²) in [6, 6.07) is 5.82. The smallest absolute Gasteiger partial charge is 0.413 e. The monoisotopic (exact) mass is 281 g/mol. The van der Waals surface area contributed by atoms with Crippen molar-refractivity contribution in [1.29, 1.82) is 0 Å². The summed E-state index contributed by atoms with van der Waals surface area (Å²) in [7, 11) is 1.30. The molecule has 0 aliphatic carbocycles. The lowest BCUT2D eigenvalue weighted by molar-refractivity contribution is 0.186. The van der Waals surface area contributed by atoms with Crippen molar-refractivity contribution in [2.24, 2.45) is 0 Å². The van der Waals surface area contributed by atoms with E-state index in [9.17, 15) is 4.79 Å². The number of methoxy groups -OCH3 is 1. The van der Waals surface area contributed by atoms with E-state index in [1.165, 1.54) is 7.11 Å². The minimum absolute atomic E-state index is 0.201. The largest absolute Gasteiger partial charge is 0.453 e. The SMILES string of the molecule is COC(=O)Nc1nc2ccc(SCCCO)cc2[nH]1. The quantitative estimate of drug-likeness (QED) is 0.578. The molecule has 0 fully saturated rings. The van der Waals surface area contributed by atoms with E-state index in [0.29, 0.717) is 5.95 Å². The number of aromatic amines is 1. The number of fused-ring (bicyclic) bond motifs is 1. The Bertz CT molecular complexity index is 570. The van der Waals surface area contributed by atoms with Gasteiger partial charge in [0.1, 0.15) is 0 Å². The molecule has 7 heteroatoms. The first kappa shape index (κ1) is 13.7. The second kappa shape index (κ2) is 6.44. The third kappa shape index (κ3) is 3.62. The van der Waals surface area contributed by atoms with Crippen molar-refractivity contribution in [2.45, 2.75) is 11.3 Å². The Balaban J connectivity index is 2.11. The van der Waals surface area contributed by atoms with Crippen LogP contribution in [0.1, 0.15) is 6.42 Å². The van der Waals surface area contributed by atoms with Gasteiger partial charge in [-0.25, -0.2) is 9.78 Å². The summed E-state index contributed by atoms with van der Waals surface area (Å²) in [5.41, 5.74) is 1.62. The normalized spacial score (nSPS) is 10.6. The Hall–Kier alpha value is -1.73. The van der Waals surface area contributed by atoms with Gasteiger partial charge in [0.15, 0.2) is 0 Å². The first-order valence-corrected chi connectivity index (χ1v) is 6.80. The number of aliphatic hydroxyl groups is 1. The maximum absolute atomic E-state index is 11.1. The van der Waals surface area contributed by atoms with Gasteiger partial charge < -0.3 is 14.8 Å². The molecular formula is C12H15N3O3S. The van der Waals surface area contributed by atoms with Gasteiger partial charge in [0, 0.05) is 17.3 Å². The van der Waals surface area contributed by atoms with E-state index >= 15 is 0 Å². The highest BCUT2D eigenvalue weighted by atomic mass is 32.2. The highest BCUT2D eigenvalue weighted by molar-refractivity contribution is 7.99. The molecule has 2 aromatic rings. The number of thioether (sulfide) groups is 1. The number of imidazole rings is 1. The Kier molecular flexibility index (Phi) is 4.64. The molecule has 0 saturated carbocycles. The number of carbonyl (C=O) groups excluding carboxylic acids is 1. The molecule has 1 aromatic heterocycles. The average molecular weight is 281 g/mol.